The fraction of sp³-hybridized carbons (Fsp3) is 0.450. The normalized spacial score (nSPS) is 17.6. The Morgan fingerprint density at radius 1 is 1.30 bits per heavy atom. The second-order valence-electron chi connectivity index (χ2n) is 7.96. The minimum Gasteiger partial charge on any atom is -0.444 e. The minimum absolute atomic E-state index is 0.240. The molecule has 142 valence electrons. The van der Waals surface area contributed by atoms with E-state index in [1.54, 1.807) is 4.90 Å². The van der Waals surface area contributed by atoms with Crippen LogP contribution in [0.1, 0.15) is 45.5 Å². The molecule has 0 spiro atoms. The summed E-state index contributed by atoms with van der Waals surface area (Å²) in [4.78, 5) is 18.8. The molecule has 1 saturated heterocycles. The van der Waals surface area contributed by atoms with Gasteiger partial charge in [-0.1, -0.05) is 23.4 Å². The van der Waals surface area contributed by atoms with Crippen LogP contribution in [0.4, 0.5) is 4.79 Å². The summed E-state index contributed by atoms with van der Waals surface area (Å²) >= 11 is 0. The van der Waals surface area contributed by atoms with Gasteiger partial charge in [-0.05, 0) is 39.7 Å². The van der Waals surface area contributed by atoms with Crippen molar-refractivity contribution in [2.75, 3.05) is 6.54 Å². The number of para-hydroxylation sites is 1. The molecule has 1 aliphatic rings. The minimum atomic E-state index is -0.535. The monoisotopic (exact) mass is 368 g/mol. The van der Waals surface area contributed by atoms with Crippen molar-refractivity contribution in [3.63, 3.8) is 0 Å². The van der Waals surface area contributed by atoms with Crippen molar-refractivity contribution in [1.29, 1.82) is 0 Å². The van der Waals surface area contributed by atoms with E-state index in [4.69, 9.17) is 9.26 Å². The molecule has 4 rings (SSSR count). The summed E-state index contributed by atoms with van der Waals surface area (Å²) in [6.45, 7) is 6.22. The molecule has 7 heteroatoms. The first-order valence-corrected chi connectivity index (χ1v) is 9.21. The van der Waals surface area contributed by atoms with E-state index >= 15 is 0 Å². The molecular weight excluding hydrogens is 344 g/mol. The molecule has 1 unspecified atom stereocenters. The highest BCUT2D eigenvalue weighted by Crippen LogP contribution is 2.34. The average Bonchev–Trinajstić information content (AvgIpc) is 3.31. The van der Waals surface area contributed by atoms with Crippen LogP contribution in [0.25, 0.3) is 22.3 Å². The first-order chi connectivity index (χ1) is 12.8. The SMILES string of the molecule is Cn1cc(-c2noc(C3CCCN3C(=O)OC(C)(C)C)n2)c2ccccc21. The number of fused-ring (bicyclic) bond motifs is 1. The van der Waals surface area contributed by atoms with Crippen molar-refractivity contribution in [2.24, 2.45) is 7.05 Å². The number of aryl methyl sites for hydroxylation is 1. The Balaban J connectivity index is 1.63. The Morgan fingerprint density at radius 3 is 2.85 bits per heavy atom. The summed E-state index contributed by atoms with van der Waals surface area (Å²) < 4.78 is 13.1. The molecule has 2 aromatic heterocycles. The van der Waals surface area contributed by atoms with Crippen molar-refractivity contribution >= 4 is 17.0 Å². The molecule has 0 saturated carbocycles. The third kappa shape index (κ3) is 3.29. The van der Waals surface area contributed by atoms with Gasteiger partial charge in [-0.15, -0.1) is 0 Å². The van der Waals surface area contributed by atoms with Gasteiger partial charge in [0.1, 0.15) is 11.6 Å². The van der Waals surface area contributed by atoms with Gasteiger partial charge in [-0.3, -0.25) is 4.90 Å². The zero-order valence-corrected chi connectivity index (χ0v) is 16.1. The van der Waals surface area contributed by atoms with E-state index in [0.29, 0.717) is 18.3 Å². The molecular formula is C20H24N4O3. The topological polar surface area (TPSA) is 73.4 Å². The van der Waals surface area contributed by atoms with Crippen molar-refractivity contribution in [3.05, 3.63) is 36.4 Å². The fourth-order valence-electron chi connectivity index (χ4n) is 3.56. The zero-order valence-electron chi connectivity index (χ0n) is 16.1. The Bertz CT molecular complexity index is 983. The van der Waals surface area contributed by atoms with E-state index < -0.39 is 5.60 Å². The van der Waals surface area contributed by atoms with Gasteiger partial charge in [0.2, 0.25) is 11.7 Å². The van der Waals surface area contributed by atoms with Crippen molar-refractivity contribution in [2.45, 2.75) is 45.3 Å². The van der Waals surface area contributed by atoms with Gasteiger partial charge in [0.15, 0.2) is 0 Å². The van der Waals surface area contributed by atoms with Gasteiger partial charge in [-0.2, -0.15) is 4.98 Å². The molecule has 3 aromatic rings. The molecule has 27 heavy (non-hydrogen) atoms. The number of ether oxygens (including phenoxy) is 1. The predicted molar refractivity (Wildman–Crippen MR) is 101 cm³/mol. The van der Waals surface area contributed by atoms with Crippen LogP contribution in [0.2, 0.25) is 0 Å². The van der Waals surface area contributed by atoms with Crippen LogP contribution >= 0.6 is 0 Å². The molecule has 0 N–H and O–H groups in total. The number of amides is 1. The number of carbonyl (C=O) groups excluding carboxylic acids is 1. The average molecular weight is 368 g/mol. The molecule has 1 amide bonds. The lowest BCUT2D eigenvalue weighted by molar-refractivity contribution is 0.0199. The van der Waals surface area contributed by atoms with Crippen LogP contribution in [0.3, 0.4) is 0 Å². The lowest BCUT2D eigenvalue weighted by Crippen LogP contribution is -2.36. The fourth-order valence-corrected chi connectivity index (χ4v) is 3.56. The molecule has 1 aromatic carbocycles. The summed E-state index contributed by atoms with van der Waals surface area (Å²) in [6, 6.07) is 7.86. The summed E-state index contributed by atoms with van der Waals surface area (Å²) in [7, 11) is 1.99. The van der Waals surface area contributed by atoms with E-state index in [-0.39, 0.29) is 12.1 Å². The summed E-state index contributed by atoms with van der Waals surface area (Å²) in [5.41, 5.74) is 1.49. The molecule has 0 bridgehead atoms. The number of hydrogen-bond donors (Lipinski definition) is 0. The van der Waals surface area contributed by atoms with Gasteiger partial charge < -0.3 is 13.8 Å². The van der Waals surface area contributed by atoms with Crippen molar-refractivity contribution in [1.82, 2.24) is 19.6 Å². The first kappa shape index (κ1) is 17.6. The molecule has 1 fully saturated rings. The van der Waals surface area contributed by atoms with Crippen molar-refractivity contribution in [3.8, 4) is 11.4 Å². The molecule has 0 radical (unpaired) electrons. The van der Waals surface area contributed by atoms with Crippen LogP contribution in [0, 0.1) is 0 Å². The van der Waals surface area contributed by atoms with Crippen LogP contribution < -0.4 is 0 Å². The van der Waals surface area contributed by atoms with Crippen molar-refractivity contribution < 1.29 is 14.1 Å². The second kappa shape index (κ2) is 6.40. The Morgan fingerprint density at radius 2 is 2.07 bits per heavy atom. The Kier molecular flexibility index (Phi) is 4.17. The smallest absolute Gasteiger partial charge is 0.410 e. The lowest BCUT2D eigenvalue weighted by atomic mass is 10.1. The standard InChI is InChI=1S/C20H24N4O3/c1-20(2,3)26-19(25)24-11-7-10-16(24)18-21-17(22-27-18)14-12-23(4)15-9-6-5-8-13(14)15/h5-6,8-9,12,16H,7,10-11H2,1-4H3. The summed E-state index contributed by atoms with van der Waals surface area (Å²) in [6.07, 6.45) is 3.33. The number of nitrogens with zero attached hydrogens (tertiary/aromatic N) is 4. The van der Waals surface area contributed by atoms with E-state index in [9.17, 15) is 4.79 Å². The largest absolute Gasteiger partial charge is 0.444 e. The number of hydrogen-bond acceptors (Lipinski definition) is 5. The predicted octanol–water partition coefficient (Wildman–Crippen LogP) is 4.30. The van der Waals surface area contributed by atoms with Crippen LogP contribution in [-0.2, 0) is 11.8 Å². The number of rotatable bonds is 2. The second-order valence-corrected chi connectivity index (χ2v) is 7.96. The maximum absolute atomic E-state index is 12.5. The first-order valence-electron chi connectivity index (χ1n) is 9.21. The number of benzene rings is 1. The number of carbonyl (C=O) groups is 1. The van der Waals surface area contributed by atoms with Gasteiger partial charge in [0.25, 0.3) is 0 Å². The third-order valence-corrected chi connectivity index (χ3v) is 4.75. The number of likely N-dealkylation sites (tertiary alicyclic amines) is 1. The lowest BCUT2D eigenvalue weighted by Gasteiger charge is -2.26. The van der Waals surface area contributed by atoms with Crippen LogP contribution in [0.5, 0.6) is 0 Å². The maximum atomic E-state index is 12.5. The molecule has 7 nitrogen and oxygen atoms in total. The highest BCUT2D eigenvalue weighted by Gasteiger charge is 2.36. The highest BCUT2D eigenvalue weighted by molar-refractivity contribution is 5.94. The molecule has 0 aliphatic carbocycles. The third-order valence-electron chi connectivity index (χ3n) is 4.75. The van der Waals surface area contributed by atoms with Gasteiger partial charge in [0, 0.05) is 36.3 Å². The van der Waals surface area contributed by atoms with Gasteiger partial charge in [0.05, 0.1) is 0 Å². The highest BCUT2D eigenvalue weighted by atomic mass is 16.6. The molecule has 3 heterocycles. The van der Waals surface area contributed by atoms with E-state index in [1.165, 1.54) is 0 Å². The quantitative estimate of drug-likeness (QED) is 0.674. The van der Waals surface area contributed by atoms with E-state index in [0.717, 1.165) is 29.3 Å². The zero-order chi connectivity index (χ0) is 19.2. The Hall–Kier alpha value is -2.83. The Labute approximate surface area is 157 Å². The van der Waals surface area contributed by atoms with E-state index in [2.05, 4.69) is 16.2 Å². The number of aromatic nitrogens is 3. The van der Waals surface area contributed by atoms with E-state index in [1.807, 2.05) is 56.8 Å². The summed E-state index contributed by atoms with van der Waals surface area (Å²) in [5, 5.41) is 5.26. The molecule has 1 aliphatic heterocycles. The molecule has 1 atom stereocenters. The van der Waals surface area contributed by atoms with Crippen LogP contribution in [0.15, 0.2) is 35.0 Å². The van der Waals surface area contributed by atoms with Gasteiger partial charge >= 0.3 is 6.09 Å². The van der Waals surface area contributed by atoms with Gasteiger partial charge in [-0.25, -0.2) is 4.79 Å². The summed E-state index contributed by atoms with van der Waals surface area (Å²) in [5.74, 6) is 0.999. The maximum Gasteiger partial charge on any atom is 0.410 e. The van der Waals surface area contributed by atoms with Crippen LogP contribution in [-0.4, -0.2) is 37.8 Å².